The minimum Gasteiger partial charge on any atom is -0.344 e. The van der Waals surface area contributed by atoms with Crippen molar-refractivity contribution >= 4 is 33.4 Å². The van der Waals surface area contributed by atoms with E-state index in [9.17, 15) is 9.59 Å². The predicted molar refractivity (Wildman–Crippen MR) is 222 cm³/mol. The van der Waals surface area contributed by atoms with Gasteiger partial charge in [-0.05, 0) is 87.8 Å². The van der Waals surface area contributed by atoms with Crippen molar-refractivity contribution in [2.24, 2.45) is 7.05 Å². The SMILES string of the molecule is Cn1c2ccc(-c3cccc(C(=O)C4=CC(c5ccccc5)CC=C4)c3)cc2c2cc(-c3cccc(C(=O)c4cccc(-c5ccccc5)c4)c3)ccc21. The Labute approximate surface area is 315 Å². The summed E-state index contributed by atoms with van der Waals surface area (Å²) in [5.41, 5.74) is 12.4. The number of rotatable bonds is 8. The first-order valence-electron chi connectivity index (χ1n) is 18.4. The number of ketones is 2. The summed E-state index contributed by atoms with van der Waals surface area (Å²) >= 11 is 0. The molecule has 3 nitrogen and oxygen atoms in total. The van der Waals surface area contributed by atoms with Gasteiger partial charge >= 0.3 is 0 Å². The van der Waals surface area contributed by atoms with Crippen molar-refractivity contribution in [1.29, 1.82) is 0 Å². The van der Waals surface area contributed by atoms with Gasteiger partial charge in [0, 0.05) is 57.0 Å². The average molecular weight is 696 g/mol. The minimum atomic E-state index is -0.00182. The van der Waals surface area contributed by atoms with Crippen LogP contribution in [0.5, 0.6) is 0 Å². The first kappa shape index (κ1) is 33.0. The number of Topliss-reactive ketones (excluding diaryl/α,β-unsaturated/α-hetero) is 1. The maximum Gasteiger partial charge on any atom is 0.193 e. The number of hydrogen-bond donors (Lipinski definition) is 0. The van der Waals surface area contributed by atoms with E-state index in [4.69, 9.17) is 0 Å². The molecule has 1 heterocycles. The second-order valence-corrected chi connectivity index (χ2v) is 14.1. The summed E-state index contributed by atoms with van der Waals surface area (Å²) in [6.45, 7) is 0. The van der Waals surface area contributed by atoms with Crippen molar-refractivity contribution in [3.63, 3.8) is 0 Å². The maximum atomic E-state index is 13.8. The van der Waals surface area contributed by atoms with Crippen LogP contribution in [0.1, 0.15) is 44.2 Å². The number of aromatic nitrogens is 1. The molecule has 0 saturated carbocycles. The maximum absolute atomic E-state index is 13.8. The van der Waals surface area contributed by atoms with Crippen molar-refractivity contribution in [1.82, 2.24) is 4.57 Å². The van der Waals surface area contributed by atoms with E-state index in [0.717, 1.165) is 67.2 Å². The van der Waals surface area contributed by atoms with Gasteiger partial charge in [0.05, 0.1) is 0 Å². The molecule has 3 heteroatoms. The summed E-state index contributed by atoms with van der Waals surface area (Å²) in [6, 6.07) is 57.3. The van der Waals surface area contributed by atoms with Crippen molar-refractivity contribution in [3.8, 4) is 33.4 Å². The molecule has 7 aromatic carbocycles. The quantitative estimate of drug-likeness (QED) is 0.148. The van der Waals surface area contributed by atoms with Gasteiger partial charge in [-0.3, -0.25) is 9.59 Å². The zero-order valence-corrected chi connectivity index (χ0v) is 29.9. The molecular weight excluding hydrogens is 659 g/mol. The molecule has 54 heavy (non-hydrogen) atoms. The lowest BCUT2D eigenvalue weighted by atomic mass is 9.87. The van der Waals surface area contributed by atoms with Crippen molar-refractivity contribution in [3.05, 3.63) is 216 Å². The van der Waals surface area contributed by atoms with Crippen LogP contribution in [-0.4, -0.2) is 16.1 Å². The third-order valence-electron chi connectivity index (χ3n) is 10.7. The van der Waals surface area contributed by atoms with Gasteiger partial charge in [-0.25, -0.2) is 0 Å². The van der Waals surface area contributed by atoms with Crippen molar-refractivity contribution < 1.29 is 9.59 Å². The normalized spacial score (nSPS) is 13.9. The highest BCUT2D eigenvalue weighted by atomic mass is 16.1. The second kappa shape index (κ2) is 13.9. The minimum absolute atomic E-state index is 0.00182. The van der Waals surface area contributed by atoms with E-state index in [1.165, 1.54) is 5.56 Å². The van der Waals surface area contributed by atoms with E-state index in [2.05, 4.69) is 96.6 Å². The average Bonchev–Trinajstić information content (AvgIpc) is 3.53. The Balaban J connectivity index is 1.03. The molecule has 0 N–H and O–H groups in total. The molecule has 258 valence electrons. The fraction of sp³-hybridized carbons (Fsp3) is 0.0588. The van der Waals surface area contributed by atoms with E-state index in [1.54, 1.807) is 0 Å². The van der Waals surface area contributed by atoms with Gasteiger partial charge in [-0.2, -0.15) is 0 Å². The van der Waals surface area contributed by atoms with Crippen molar-refractivity contribution in [2.75, 3.05) is 0 Å². The molecule has 1 unspecified atom stereocenters. The molecule has 0 radical (unpaired) electrons. The second-order valence-electron chi connectivity index (χ2n) is 14.1. The molecule has 0 fully saturated rings. The summed E-state index contributed by atoms with van der Waals surface area (Å²) in [7, 11) is 2.10. The lowest BCUT2D eigenvalue weighted by Gasteiger charge is -2.17. The van der Waals surface area contributed by atoms with Gasteiger partial charge in [0.1, 0.15) is 0 Å². The lowest BCUT2D eigenvalue weighted by molar-refractivity contribution is 0.103. The molecule has 0 amide bonds. The number of nitrogens with zero attached hydrogens (tertiary/aromatic N) is 1. The van der Waals surface area contributed by atoms with Gasteiger partial charge in [-0.15, -0.1) is 0 Å². The molecule has 9 rings (SSSR count). The molecule has 0 spiro atoms. The summed E-state index contributed by atoms with van der Waals surface area (Å²) in [6.07, 6.45) is 7.07. The van der Waals surface area contributed by atoms with Gasteiger partial charge in [0.25, 0.3) is 0 Å². The predicted octanol–water partition coefficient (Wildman–Crippen LogP) is 12.4. The first-order chi connectivity index (χ1) is 26.5. The fourth-order valence-electron chi connectivity index (χ4n) is 7.83. The Hall–Kier alpha value is -6.84. The molecular formula is C51H37NO2. The highest BCUT2D eigenvalue weighted by Crippen LogP contribution is 2.36. The third-order valence-corrected chi connectivity index (χ3v) is 10.7. The first-order valence-corrected chi connectivity index (χ1v) is 18.4. The van der Waals surface area contributed by atoms with E-state index in [0.29, 0.717) is 16.7 Å². The monoisotopic (exact) mass is 695 g/mol. The molecule has 0 bridgehead atoms. The Morgan fingerprint density at radius 1 is 0.481 bits per heavy atom. The van der Waals surface area contributed by atoms with Crippen LogP contribution < -0.4 is 0 Å². The number of fused-ring (bicyclic) bond motifs is 3. The van der Waals surface area contributed by atoms with E-state index < -0.39 is 0 Å². The summed E-state index contributed by atoms with van der Waals surface area (Å²) in [5.74, 6) is 0.226. The van der Waals surface area contributed by atoms with Crippen LogP contribution in [0, 0.1) is 0 Å². The Morgan fingerprint density at radius 2 is 0.944 bits per heavy atom. The molecule has 1 aliphatic carbocycles. The number of benzene rings is 7. The molecule has 0 aliphatic heterocycles. The standard InChI is InChI=1S/C51H37NO2/c1-52-48-26-24-40(38-18-10-22-44(30-38)50(53)42-20-8-16-36(28-42)34-12-4-2-5-13-34)32-46(48)47-33-41(25-27-49(47)52)39-19-11-23-45(31-39)51(54)43-21-9-17-37(29-43)35-14-6-3-7-15-35/h2-16,18-33,37H,17H2,1H3. The molecule has 1 atom stereocenters. The smallest absolute Gasteiger partial charge is 0.193 e. The van der Waals surface area contributed by atoms with Crippen LogP contribution in [0.25, 0.3) is 55.2 Å². The van der Waals surface area contributed by atoms with E-state index in [-0.39, 0.29) is 17.5 Å². The van der Waals surface area contributed by atoms with Gasteiger partial charge in [0.15, 0.2) is 11.6 Å². The highest BCUT2D eigenvalue weighted by molar-refractivity contribution is 6.13. The Bertz CT molecular complexity index is 2790. The number of carbonyl (C=O) groups excluding carboxylic acids is 2. The topological polar surface area (TPSA) is 39.1 Å². The van der Waals surface area contributed by atoms with Crippen LogP contribution >= 0.6 is 0 Å². The van der Waals surface area contributed by atoms with Crippen molar-refractivity contribution in [2.45, 2.75) is 12.3 Å². The Kier molecular flexibility index (Phi) is 8.53. The van der Waals surface area contributed by atoms with E-state index in [1.807, 2.05) is 103 Å². The van der Waals surface area contributed by atoms with Gasteiger partial charge in [-0.1, -0.05) is 146 Å². The molecule has 1 aromatic heterocycles. The van der Waals surface area contributed by atoms with Crippen LogP contribution in [0.2, 0.25) is 0 Å². The highest BCUT2D eigenvalue weighted by Gasteiger charge is 2.19. The van der Waals surface area contributed by atoms with Crippen LogP contribution in [0.4, 0.5) is 0 Å². The fourth-order valence-corrected chi connectivity index (χ4v) is 7.83. The number of allylic oxidation sites excluding steroid dienone is 4. The number of carbonyl (C=O) groups is 2. The van der Waals surface area contributed by atoms with Gasteiger partial charge < -0.3 is 4.57 Å². The lowest BCUT2D eigenvalue weighted by Crippen LogP contribution is -2.07. The van der Waals surface area contributed by atoms with Crippen LogP contribution in [0.3, 0.4) is 0 Å². The Morgan fingerprint density at radius 3 is 1.50 bits per heavy atom. The molecule has 1 aliphatic rings. The number of hydrogen-bond acceptors (Lipinski definition) is 2. The molecule has 0 saturated heterocycles. The summed E-state index contributed by atoms with van der Waals surface area (Å²) in [5, 5.41) is 2.27. The zero-order valence-electron chi connectivity index (χ0n) is 29.9. The third kappa shape index (κ3) is 6.20. The van der Waals surface area contributed by atoms with Crippen LogP contribution in [-0.2, 0) is 7.05 Å². The van der Waals surface area contributed by atoms with Crippen LogP contribution in [0.15, 0.2) is 194 Å². The summed E-state index contributed by atoms with van der Waals surface area (Å²) in [4.78, 5) is 27.6. The zero-order chi connectivity index (χ0) is 36.6. The van der Waals surface area contributed by atoms with Gasteiger partial charge in [0.2, 0.25) is 0 Å². The largest absolute Gasteiger partial charge is 0.344 e. The van der Waals surface area contributed by atoms with E-state index >= 15 is 0 Å². The number of aryl methyl sites for hydroxylation is 1. The molecule has 8 aromatic rings. The summed E-state index contributed by atoms with van der Waals surface area (Å²) < 4.78 is 2.23.